The molecule has 8 nitrogen and oxygen atoms in total. The molecule has 0 saturated carbocycles. The minimum atomic E-state index is -0.710. The van der Waals surface area contributed by atoms with Gasteiger partial charge in [0.1, 0.15) is 4.92 Å². The Bertz CT molecular complexity index is 1080. The van der Waals surface area contributed by atoms with E-state index in [4.69, 9.17) is 4.42 Å². The molecule has 1 aliphatic carbocycles. The van der Waals surface area contributed by atoms with Crippen LogP contribution in [0.1, 0.15) is 28.1 Å². The van der Waals surface area contributed by atoms with Gasteiger partial charge >= 0.3 is 5.88 Å². The fraction of sp³-hybridized carbons (Fsp3) is 0.176. The molecule has 0 atom stereocenters. The minimum Gasteiger partial charge on any atom is -0.395 e. The summed E-state index contributed by atoms with van der Waals surface area (Å²) in [6.45, 7) is 0. The van der Waals surface area contributed by atoms with Crippen LogP contribution in [0.5, 0.6) is 0 Å². The molecule has 0 unspecified atom stereocenters. The van der Waals surface area contributed by atoms with Crippen LogP contribution in [0.15, 0.2) is 39.5 Å². The number of nitro groups is 1. The van der Waals surface area contributed by atoms with Crippen molar-refractivity contribution in [2.75, 3.05) is 5.32 Å². The summed E-state index contributed by atoms with van der Waals surface area (Å²) in [6.07, 6.45) is 2.63. The monoisotopic (exact) mass is 339 g/mol. The van der Waals surface area contributed by atoms with E-state index in [1.807, 2.05) is 6.07 Å². The van der Waals surface area contributed by atoms with E-state index in [1.54, 1.807) is 12.1 Å². The second kappa shape index (κ2) is 5.59. The molecule has 3 aromatic rings. The number of furan rings is 1. The summed E-state index contributed by atoms with van der Waals surface area (Å²) in [7, 11) is 0. The average Bonchev–Trinajstić information content (AvgIpc) is 3.25. The number of fused-ring (bicyclic) bond motifs is 3. The molecular weight excluding hydrogens is 326 g/mol. The van der Waals surface area contributed by atoms with E-state index in [1.165, 1.54) is 6.07 Å². The average molecular weight is 339 g/mol. The standard InChI is InChI=1S/C17H13N3O5/c21-16-12-3-1-2-10(12)11-5-4-9(8-13(11)19-16)18-17(22)14-6-7-15(25-14)20(23)24/h4-8H,1-3H2,(H,18,22)(H,19,21). The Morgan fingerprint density at radius 2 is 2.00 bits per heavy atom. The highest BCUT2D eigenvalue weighted by Gasteiger charge is 2.19. The van der Waals surface area contributed by atoms with Crippen molar-refractivity contribution in [1.29, 1.82) is 0 Å². The molecule has 25 heavy (non-hydrogen) atoms. The molecule has 0 fully saturated rings. The van der Waals surface area contributed by atoms with Crippen LogP contribution in [0.3, 0.4) is 0 Å². The number of aryl methyl sites for hydroxylation is 1. The predicted octanol–water partition coefficient (Wildman–Crippen LogP) is 2.77. The lowest BCUT2D eigenvalue weighted by molar-refractivity contribution is -0.402. The van der Waals surface area contributed by atoms with Gasteiger partial charge in [0.15, 0.2) is 5.76 Å². The van der Waals surface area contributed by atoms with Crippen LogP contribution in [-0.4, -0.2) is 15.8 Å². The maximum Gasteiger partial charge on any atom is 0.433 e. The number of nitrogens with zero attached hydrogens (tertiary/aromatic N) is 1. The zero-order valence-electron chi connectivity index (χ0n) is 13.0. The van der Waals surface area contributed by atoms with Gasteiger partial charge in [-0.15, -0.1) is 0 Å². The van der Waals surface area contributed by atoms with Gasteiger partial charge in [0, 0.05) is 16.6 Å². The van der Waals surface area contributed by atoms with Gasteiger partial charge < -0.3 is 14.7 Å². The first-order valence-corrected chi connectivity index (χ1v) is 7.76. The number of benzene rings is 1. The number of hydrogen-bond acceptors (Lipinski definition) is 5. The van der Waals surface area contributed by atoms with Crippen molar-refractivity contribution in [3.63, 3.8) is 0 Å². The number of carbonyl (C=O) groups is 1. The predicted molar refractivity (Wildman–Crippen MR) is 89.9 cm³/mol. The van der Waals surface area contributed by atoms with Gasteiger partial charge in [-0.1, -0.05) is 6.07 Å². The topological polar surface area (TPSA) is 118 Å². The maximum absolute atomic E-state index is 12.1. The smallest absolute Gasteiger partial charge is 0.395 e. The summed E-state index contributed by atoms with van der Waals surface area (Å²) >= 11 is 0. The molecule has 2 aromatic heterocycles. The van der Waals surface area contributed by atoms with E-state index in [9.17, 15) is 19.7 Å². The highest BCUT2D eigenvalue weighted by atomic mass is 16.6. The van der Waals surface area contributed by atoms with Gasteiger partial charge in [0.2, 0.25) is 0 Å². The molecule has 126 valence electrons. The minimum absolute atomic E-state index is 0.0925. The Morgan fingerprint density at radius 1 is 1.20 bits per heavy atom. The van der Waals surface area contributed by atoms with Gasteiger partial charge in [-0.05, 0) is 43.0 Å². The lowest BCUT2D eigenvalue weighted by Gasteiger charge is -2.08. The van der Waals surface area contributed by atoms with E-state index in [-0.39, 0.29) is 11.3 Å². The molecule has 1 aromatic carbocycles. The van der Waals surface area contributed by atoms with Gasteiger partial charge in [0.25, 0.3) is 11.5 Å². The third-order valence-electron chi connectivity index (χ3n) is 4.34. The quantitative estimate of drug-likeness (QED) is 0.562. The number of H-pyrrole nitrogens is 1. The first-order chi connectivity index (χ1) is 12.0. The van der Waals surface area contributed by atoms with Gasteiger partial charge in [0.05, 0.1) is 11.6 Å². The Balaban J connectivity index is 1.65. The van der Waals surface area contributed by atoms with E-state index in [0.717, 1.165) is 41.8 Å². The van der Waals surface area contributed by atoms with Crippen molar-refractivity contribution >= 4 is 28.4 Å². The van der Waals surface area contributed by atoms with Crippen LogP contribution >= 0.6 is 0 Å². The number of hydrogen-bond donors (Lipinski definition) is 2. The van der Waals surface area contributed by atoms with Gasteiger partial charge in [-0.2, -0.15) is 0 Å². The Morgan fingerprint density at radius 3 is 2.76 bits per heavy atom. The van der Waals surface area contributed by atoms with Crippen molar-refractivity contribution in [2.45, 2.75) is 19.3 Å². The first-order valence-electron chi connectivity index (χ1n) is 7.76. The van der Waals surface area contributed by atoms with Crippen LogP contribution in [0.25, 0.3) is 10.9 Å². The largest absolute Gasteiger partial charge is 0.433 e. The Kier molecular flexibility index (Phi) is 3.38. The van der Waals surface area contributed by atoms with Crippen LogP contribution < -0.4 is 10.9 Å². The molecule has 4 rings (SSSR count). The van der Waals surface area contributed by atoms with Crippen molar-refractivity contribution in [2.24, 2.45) is 0 Å². The second-order valence-electron chi connectivity index (χ2n) is 5.87. The summed E-state index contributed by atoms with van der Waals surface area (Å²) in [5.74, 6) is -1.26. The molecule has 1 amide bonds. The zero-order chi connectivity index (χ0) is 17.6. The van der Waals surface area contributed by atoms with Gasteiger partial charge in [-0.3, -0.25) is 19.7 Å². The number of amides is 1. The van der Waals surface area contributed by atoms with E-state index in [2.05, 4.69) is 10.3 Å². The number of aromatic nitrogens is 1. The molecule has 0 spiro atoms. The fourth-order valence-electron chi connectivity index (χ4n) is 3.22. The molecule has 1 aliphatic rings. The second-order valence-corrected chi connectivity index (χ2v) is 5.87. The number of rotatable bonds is 3. The lowest BCUT2D eigenvalue weighted by Crippen LogP contribution is -2.13. The summed E-state index contributed by atoms with van der Waals surface area (Å²) < 4.78 is 4.88. The zero-order valence-corrected chi connectivity index (χ0v) is 13.0. The third kappa shape index (κ3) is 2.57. The molecule has 8 heteroatoms. The molecule has 2 N–H and O–H groups in total. The summed E-state index contributed by atoms with van der Waals surface area (Å²) in [5, 5.41) is 14.2. The number of anilines is 1. The Labute approximate surface area is 140 Å². The third-order valence-corrected chi connectivity index (χ3v) is 4.34. The summed E-state index contributed by atoms with van der Waals surface area (Å²) in [6, 6.07) is 7.62. The fourth-order valence-corrected chi connectivity index (χ4v) is 3.22. The van der Waals surface area contributed by atoms with E-state index < -0.39 is 16.7 Å². The summed E-state index contributed by atoms with van der Waals surface area (Å²) in [5.41, 5.74) is 2.93. The van der Waals surface area contributed by atoms with Crippen LogP contribution in [0.2, 0.25) is 0 Å². The van der Waals surface area contributed by atoms with Crippen LogP contribution in [0, 0.1) is 10.1 Å². The molecular formula is C17H13N3O5. The molecule has 0 saturated heterocycles. The van der Waals surface area contributed by atoms with E-state index >= 15 is 0 Å². The van der Waals surface area contributed by atoms with Gasteiger partial charge in [-0.25, -0.2) is 0 Å². The Hall–Kier alpha value is -3.42. The number of nitrogens with one attached hydrogen (secondary N) is 2. The molecule has 0 radical (unpaired) electrons. The van der Waals surface area contributed by atoms with E-state index in [0.29, 0.717) is 11.2 Å². The van der Waals surface area contributed by atoms with Crippen LogP contribution in [0.4, 0.5) is 11.6 Å². The van der Waals surface area contributed by atoms with Crippen molar-refractivity contribution < 1.29 is 14.1 Å². The summed E-state index contributed by atoms with van der Waals surface area (Å²) in [4.78, 5) is 37.0. The number of carbonyl (C=O) groups excluding carboxylic acids is 1. The maximum atomic E-state index is 12.1. The van der Waals surface area contributed by atoms with Crippen molar-refractivity contribution in [3.05, 3.63) is 67.7 Å². The molecule has 0 bridgehead atoms. The lowest BCUT2D eigenvalue weighted by atomic mass is 10.1. The highest BCUT2D eigenvalue weighted by Crippen LogP contribution is 2.28. The number of pyridine rings is 1. The SMILES string of the molecule is O=C(Nc1ccc2c3c(c(=O)[nH]c2c1)CCC3)c1ccc([N+](=O)[O-])o1. The van der Waals surface area contributed by atoms with Crippen LogP contribution in [-0.2, 0) is 12.8 Å². The van der Waals surface area contributed by atoms with Crippen molar-refractivity contribution in [1.82, 2.24) is 4.98 Å². The number of aromatic amines is 1. The normalized spacial score (nSPS) is 13.0. The molecule has 2 heterocycles. The van der Waals surface area contributed by atoms with Crippen molar-refractivity contribution in [3.8, 4) is 0 Å². The first kappa shape index (κ1) is 15.1. The molecule has 0 aliphatic heterocycles. The highest BCUT2D eigenvalue weighted by molar-refractivity contribution is 6.03.